The van der Waals surface area contributed by atoms with Crippen molar-refractivity contribution in [1.82, 2.24) is 0 Å². The van der Waals surface area contributed by atoms with Gasteiger partial charge in [0, 0.05) is 23.0 Å². The van der Waals surface area contributed by atoms with E-state index in [1.165, 1.54) is 5.56 Å². The highest BCUT2D eigenvalue weighted by molar-refractivity contribution is 9.10. The predicted octanol–water partition coefficient (Wildman–Crippen LogP) is 2.46. The Morgan fingerprint density at radius 1 is 1.46 bits per heavy atom. The van der Waals surface area contributed by atoms with Crippen LogP contribution < -0.4 is 5.73 Å². The Bertz CT molecular complexity index is 347. The molecule has 0 aromatic heterocycles. The van der Waals surface area contributed by atoms with E-state index in [2.05, 4.69) is 40.8 Å². The van der Waals surface area contributed by atoms with Gasteiger partial charge in [-0.05, 0) is 24.6 Å². The fraction of sp³-hybridized carbons (Fsp3) is 0.273. The van der Waals surface area contributed by atoms with Gasteiger partial charge in [0.15, 0.2) is 0 Å². The van der Waals surface area contributed by atoms with Crippen molar-refractivity contribution in [2.75, 3.05) is 6.54 Å². The van der Waals surface area contributed by atoms with Crippen LogP contribution in [0.3, 0.4) is 0 Å². The van der Waals surface area contributed by atoms with Crippen molar-refractivity contribution in [3.8, 4) is 11.8 Å². The van der Waals surface area contributed by atoms with Crippen LogP contribution >= 0.6 is 15.9 Å². The zero-order chi connectivity index (χ0) is 9.68. The smallest absolute Gasteiger partial charge is 0.0285 e. The molecule has 13 heavy (non-hydrogen) atoms. The molecular formula is C11H12BrN. The molecule has 1 rings (SSSR count). The maximum absolute atomic E-state index is 5.35. The van der Waals surface area contributed by atoms with Crippen LogP contribution in [0.15, 0.2) is 22.7 Å². The summed E-state index contributed by atoms with van der Waals surface area (Å²) in [5.74, 6) is 6.12. The van der Waals surface area contributed by atoms with Gasteiger partial charge in [-0.2, -0.15) is 0 Å². The molecule has 0 saturated heterocycles. The number of halogens is 1. The summed E-state index contributed by atoms with van der Waals surface area (Å²) in [6.07, 6.45) is 0.756. The minimum absolute atomic E-state index is 0.625. The largest absolute Gasteiger partial charge is 0.330 e. The molecule has 1 aromatic rings. The molecule has 0 heterocycles. The molecule has 0 aliphatic rings. The monoisotopic (exact) mass is 237 g/mol. The summed E-state index contributed by atoms with van der Waals surface area (Å²) in [6.45, 7) is 2.68. The summed E-state index contributed by atoms with van der Waals surface area (Å²) in [6, 6.07) is 6.10. The van der Waals surface area contributed by atoms with E-state index in [4.69, 9.17) is 5.73 Å². The Labute approximate surface area is 87.5 Å². The first-order valence-corrected chi connectivity index (χ1v) is 4.98. The van der Waals surface area contributed by atoms with Crippen LogP contribution in [0.2, 0.25) is 0 Å². The first kappa shape index (κ1) is 10.3. The molecule has 0 spiro atoms. The summed E-state index contributed by atoms with van der Waals surface area (Å²) in [7, 11) is 0. The Morgan fingerprint density at radius 3 is 2.92 bits per heavy atom. The van der Waals surface area contributed by atoms with Crippen molar-refractivity contribution >= 4 is 15.9 Å². The van der Waals surface area contributed by atoms with Crippen LogP contribution in [0, 0.1) is 18.8 Å². The molecule has 68 valence electrons. The maximum Gasteiger partial charge on any atom is 0.0285 e. The van der Waals surface area contributed by atoms with Crippen LogP contribution in [0.4, 0.5) is 0 Å². The normalized spacial score (nSPS) is 9.15. The van der Waals surface area contributed by atoms with E-state index < -0.39 is 0 Å². The fourth-order valence-electron chi connectivity index (χ4n) is 0.959. The highest BCUT2D eigenvalue weighted by Crippen LogP contribution is 2.14. The van der Waals surface area contributed by atoms with Crippen LogP contribution in [-0.2, 0) is 0 Å². The molecule has 2 heteroatoms. The van der Waals surface area contributed by atoms with Crippen molar-refractivity contribution in [2.45, 2.75) is 13.3 Å². The lowest BCUT2D eigenvalue weighted by Gasteiger charge is -1.97. The van der Waals surface area contributed by atoms with Gasteiger partial charge in [0.2, 0.25) is 0 Å². The summed E-state index contributed by atoms with van der Waals surface area (Å²) in [5.41, 5.74) is 7.62. The van der Waals surface area contributed by atoms with Gasteiger partial charge in [0.05, 0.1) is 0 Å². The third-order valence-corrected chi connectivity index (χ3v) is 2.19. The van der Waals surface area contributed by atoms with Crippen molar-refractivity contribution < 1.29 is 0 Å². The van der Waals surface area contributed by atoms with Crippen LogP contribution in [0.1, 0.15) is 17.5 Å². The zero-order valence-corrected chi connectivity index (χ0v) is 9.19. The highest BCUT2D eigenvalue weighted by atomic mass is 79.9. The molecule has 0 fully saturated rings. The minimum atomic E-state index is 0.625. The number of hydrogen-bond donors (Lipinski definition) is 1. The van der Waals surface area contributed by atoms with Gasteiger partial charge in [0.1, 0.15) is 0 Å². The molecule has 2 N–H and O–H groups in total. The average Bonchev–Trinajstić information content (AvgIpc) is 2.11. The molecule has 0 radical (unpaired) electrons. The first-order chi connectivity index (χ1) is 6.24. The Hall–Kier alpha value is -0.780. The summed E-state index contributed by atoms with van der Waals surface area (Å²) in [5, 5.41) is 0. The standard InChI is InChI=1S/C11H12BrN/c1-9-5-6-11(12)8-10(9)4-2-3-7-13/h5-6,8H,3,7,13H2,1H3. The number of aryl methyl sites for hydroxylation is 1. The van der Waals surface area contributed by atoms with E-state index in [0.717, 1.165) is 16.5 Å². The molecule has 1 nitrogen and oxygen atoms in total. The third kappa shape index (κ3) is 3.22. The third-order valence-electron chi connectivity index (χ3n) is 1.69. The zero-order valence-electron chi connectivity index (χ0n) is 7.60. The average molecular weight is 238 g/mol. The number of rotatable bonds is 1. The van der Waals surface area contributed by atoms with E-state index in [-0.39, 0.29) is 0 Å². The Kier molecular flexibility index (Phi) is 4.01. The van der Waals surface area contributed by atoms with E-state index in [1.54, 1.807) is 0 Å². The van der Waals surface area contributed by atoms with Crippen LogP contribution in [-0.4, -0.2) is 6.54 Å². The van der Waals surface area contributed by atoms with E-state index in [0.29, 0.717) is 6.54 Å². The molecule has 0 aliphatic carbocycles. The number of hydrogen-bond acceptors (Lipinski definition) is 1. The van der Waals surface area contributed by atoms with Gasteiger partial charge in [-0.25, -0.2) is 0 Å². The van der Waals surface area contributed by atoms with E-state index in [1.807, 2.05) is 12.1 Å². The van der Waals surface area contributed by atoms with Gasteiger partial charge in [0.25, 0.3) is 0 Å². The minimum Gasteiger partial charge on any atom is -0.330 e. The number of nitrogens with two attached hydrogens (primary N) is 1. The van der Waals surface area contributed by atoms with Crippen molar-refractivity contribution in [3.05, 3.63) is 33.8 Å². The van der Waals surface area contributed by atoms with Crippen LogP contribution in [0.5, 0.6) is 0 Å². The molecule has 0 bridgehead atoms. The van der Waals surface area contributed by atoms with Gasteiger partial charge < -0.3 is 5.73 Å². The summed E-state index contributed by atoms with van der Waals surface area (Å²) in [4.78, 5) is 0. The van der Waals surface area contributed by atoms with Crippen molar-refractivity contribution in [1.29, 1.82) is 0 Å². The Morgan fingerprint density at radius 2 is 2.23 bits per heavy atom. The van der Waals surface area contributed by atoms with E-state index in [9.17, 15) is 0 Å². The quantitative estimate of drug-likeness (QED) is 0.747. The SMILES string of the molecule is Cc1ccc(Br)cc1C#CCCN. The molecular weight excluding hydrogens is 226 g/mol. The van der Waals surface area contributed by atoms with Crippen molar-refractivity contribution in [2.24, 2.45) is 5.73 Å². The van der Waals surface area contributed by atoms with Gasteiger partial charge in [-0.15, -0.1) is 0 Å². The molecule has 1 aromatic carbocycles. The molecule has 0 amide bonds. The van der Waals surface area contributed by atoms with Gasteiger partial charge in [-0.1, -0.05) is 33.8 Å². The van der Waals surface area contributed by atoms with E-state index >= 15 is 0 Å². The molecule has 0 unspecified atom stereocenters. The second-order valence-corrected chi connectivity index (χ2v) is 3.72. The topological polar surface area (TPSA) is 26.0 Å². The lowest BCUT2D eigenvalue weighted by Crippen LogP contribution is -1.95. The van der Waals surface area contributed by atoms with Gasteiger partial charge >= 0.3 is 0 Å². The summed E-state index contributed by atoms with van der Waals surface area (Å²) < 4.78 is 1.06. The maximum atomic E-state index is 5.35. The fourth-order valence-corrected chi connectivity index (χ4v) is 1.32. The second kappa shape index (κ2) is 5.06. The Balaban J connectivity index is 2.89. The lowest BCUT2D eigenvalue weighted by molar-refractivity contribution is 1.03. The van der Waals surface area contributed by atoms with Crippen LogP contribution in [0.25, 0.3) is 0 Å². The number of benzene rings is 1. The predicted molar refractivity (Wildman–Crippen MR) is 59.4 cm³/mol. The summed E-state index contributed by atoms with van der Waals surface area (Å²) >= 11 is 3.41. The molecule has 0 saturated carbocycles. The van der Waals surface area contributed by atoms with Crippen molar-refractivity contribution in [3.63, 3.8) is 0 Å². The first-order valence-electron chi connectivity index (χ1n) is 4.19. The second-order valence-electron chi connectivity index (χ2n) is 2.80. The lowest BCUT2D eigenvalue weighted by atomic mass is 10.1. The molecule has 0 aliphatic heterocycles. The highest BCUT2D eigenvalue weighted by Gasteiger charge is 1.94. The molecule has 0 atom stereocenters. The van der Waals surface area contributed by atoms with Gasteiger partial charge in [-0.3, -0.25) is 0 Å².